The summed E-state index contributed by atoms with van der Waals surface area (Å²) in [5.74, 6) is 0.783. The number of hydrogen-bond donors (Lipinski definition) is 2. The average molecular weight is 321 g/mol. The van der Waals surface area contributed by atoms with Crippen LogP contribution >= 0.6 is 0 Å². The van der Waals surface area contributed by atoms with E-state index in [0.29, 0.717) is 45.6 Å². The summed E-state index contributed by atoms with van der Waals surface area (Å²) in [7, 11) is 0. The Bertz CT molecular complexity index is 512. The predicted molar refractivity (Wildman–Crippen MR) is 87.7 cm³/mol. The van der Waals surface area contributed by atoms with Gasteiger partial charge in [0, 0.05) is 45.7 Å². The molecule has 2 saturated heterocycles. The molecule has 0 radical (unpaired) electrons. The van der Waals surface area contributed by atoms with E-state index in [1.807, 2.05) is 31.2 Å². The van der Waals surface area contributed by atoms with Crippen LogP contribution in [0, 0.1) is 6.92 Å². The molecule has 1 aromatic rings. The van der Waals surface area contributed by atoms with Gasteiger partial charge in [0.25, 0.3) is 0 Å². The molecule has 2 heterocycles. The van der Waals surface area contributed by atoms with E-state index >= 15 is 0 Å². The van der Waals surface area contributed by atoms with Crippen LogP contribution in [0.15, 0.2) is 24.3 Å². The van der Waals surface area contributed by atoms with Gasteiger partial charge in [0.15, 0.2) is 0 Å². The van der Waals surface area contributed by atoms with Crippen LogP contribution in [0.3, 0.4) is 0 Å². The second kappa shape index (κ2) is 6.77. The summed E-state index contributed by atoms with van der Waals surface area (Å²) in [5.41, 5.74) is -0.332. The number of β-amino-alcohol motifs (C(OH)–C–C–N with tert-alkyl or cyclic N) is 2. The summed E-state index contributed by atoms with van der Waals surface area (Å²) in [4.78, 5) is 2.14. The minimum absolute atomic E-state index is 0.286. The summed E-state index contributed by atoms with van der Waals surface area (Å²) >= 11 is 0. The zero-order valence-electron chi connectivity index (χ0n) is 13.8. The van der Waals surface area contributed by atoms with Crippen LogP contribution in [0.25, 0.3) is 0 Å². The van der Waals surface area contributed by atoms with Crippen LogP contribution in [0.1, 0.15) is 24.8 Å². The highest BCUT2D eigenvalue weighted by Gasteiger charge is 2.40. The molecule has 0 aromatic heterocycles. The van der Waals surface area contributed by atoms with Crippen LogP contribution in [-0.4, -0.2) is 65.8 Å². The van der Waals surface area contributed by atoms with Crippen molar-refractivity contribution >= 4 is 0 Å². The number of benzene rings is 1. The number of likely N-dealkylation sites (tertiary alicyclic amines) is 1. The first kappa shape index (κ1) is 16.7. The Morgan fingerprint density at radius 2 is 1.78 bits per heavy atom. The maximum absolute atomic E-state index is 10.7. The predicted octanol–water partition coefficient (Wildman–Crippen LogP) is 1.35. The number of aryl methyl sites for hydroxylation is 1. The smallest absolute Gasteiger partial charge is 0.119 e. The molecule has 1 aromatic carbocycles. The van der Waals surface area contributed by atoms with Gasteiger partial charge in [-0.15, -0.1) is 0 Å². The van der Waals surface area contributed by atoms with Crippen molar-refractivity contribution in [3.05, 3.63) is 29.8 Å². The van der Waals surface area contributed by atoms with Crippen LogP contribution in [-0.2, 0) is 4.74 Å². The van der Waals surface area contributed by atoms with Gasteiger partial charge in [-0.25, -0.2) is 0 Å². The Hall–Kier alpha value is -1.14. The van der Waals surface area contributed by atoms with E-state index in [1.165, 1.54) is 5.56 Å². The Morgan fingerprint density at radius 1 is 1.09 bits per heavy atom. The molecule has 0 amide bonds. The fourth-order valence-corrected chi connectivity index (χ4v) is 3.37. The van der Waals surface area contributed by atoms with E-state index in [9.17, 15) is 10.2 Å². The lowest BCUT2D eigenvalue weighted by Crippen LogP contribution is -2.48. The molecular formula is C18H27NO4. The lowest BCUT2D eigenvalue weighted by atomic mass is 9.94. The normalized spacial score (nSPS) is 28.0. The number of aliphatic hydroxyl groups is 2. The zero-order valence-corrected chi connectivity index (χ0v) is 13.8. The van der Waals surface area contributed by atoms with E-state index in [-0.39, 0.29) is 6.61 Å². The number of hydrogen-bond acceptors (Lipinski definition) is 5. The standard InChI is InChI=1S/C18H27NO4/c1-15-2-4-16(5-3-15)23-14-18(21)6-9-19(13-18)12-17(20)7-10-22-11-8-17/h2-5,20-21H,6-14H2,1H3. The average Bonchev–Trinajstić information content (AvgIpc) is 2.88. The maximum Gasteiger partial charge on any atom is 0.119 e. The molecule has 1 atom stereocenters. The van der Waals surface area contributed by atoms with Gasteiger partial charge in [-0.2, -0.15) is 0 Å². The van der Waals surface area contributed by atoms with E-state index in [4.69, 9.17) is 9.47 Å². The third kappa shape index (κ3) is 4.44. The highest BCUT2D eigenvalue weighted by atomic mass is 16.5. The Kier molecular flexibility index (Phi) is 4.92. The minimum atomic E-state index is -0.841. The molecule has 2 fully saturated rings. The SMILES string of the molecule is Cc1ccc(OCC2(O)CCN(CC3(O)CCOCC3)C2)cc1. The molecule has 5 nitrogen and oxygen atoms in total. The Labute approximate surface area is 137 Å². The van der Waals surface area contributed by atoms with Crippen molar-refractivity contribution in [1.29, 1.82) is 0 Å². The molecular weight excluding hydrogens is 294 g/mol. The second-order valence-corrected chi connectivity index (χ2v) is 7.12. The molecule has 5 heteroatoms. The first-order chi connectivity index (χ1) is 11.0. The topological polar surface area (TPSA) is 62.2 Å². The van der Waals surface area contributed by atoms with Gasteiger partial charge >= 0.3 is 0 Å². The van der Waals surface area contributed by atoms with Crippen LogP contribution in [0.2, 0.25) is 0 Å². The third-order valence-electron chi connectivity index (χ3n) is 4.88. The molecule has 1 unspecified atom stereocenters. The molecule has 3 rings (SSSR count). The van der Waals surface area contributed by atoms with Gasteiger partial charge in [-0.3, -0.25) is 4.90 Å². The molecule has 2 aliphatic heterocycles. The van der Waals surface area contributed by atoms with Gasteiger partial charge in [0.1, 0.15) is 18.0 Å². The summed E-state index contributed by atoms with van der Waals surface area (Å²) < 4.78 is 11.1. The molecule has 23 heavy (non-hydrogen) atoms. The van der Waals surface area contributed by atoms with Crippen molar-refractivity contribution in [2.75, 3.05) is 39.5 Å². The Morgan fingerprint density at radius 3 is 2.48 bits per heavy atom. The molecule has 2 aliphatic rings. The Balaban J connectivity index is 1.50. The molecule has 0 bridgehead atoms. The highest BCUT2D eigenvalue weighted by molar-refractivity contribution is 5.26. The summed E-state index contributed by atoms with van der Waals surface area (Å²) in [5, 5.41) is 21.3. The highest BCUT2D eigenvalue weighted by Crippen LogP contribution is 2.28. The van der Waals surface area contributed by atoms with Crippen LogP contribution in [0.5, 0.6) is 5.75 Å². The van der Waals surface area contributed by atoms with Gasteiger partial charge in [0.05, 0.1) is 5.60 Å². The number of ether oxygens (including phenoxy) is 2. The molecule has 0 aliphatic carbocycles. The second-order valence-electron chi connectivity index (χ2n) is 7.12. The summed E-state index contributed by atoms with van der Waals surface area (Å²) in [6.07, 6.45) is 2.01. The van der Waals surface area contributed by atoms with Crippen molar-refractivity contribution < 1.29 is 19.7 Å². The lowest BCUT2D eigenvalue weighted by molar-refractivity contribution is -0.0809. The monoisotopic (exact) mass is 321 g/mol. The summed E-state index contributed by atoms with van der Waals surface area (Å²) in [6.45, 7) is 5.49. The van der Waals surface area contributed by atoms with E-state index < -0.39 is 11.2 Å². The first-order valence-corrected chi connectivity index (χ1v) is 8.41. The third-order valence-corrected chi connectivity index (χ3v) is 4.88. The van der Waals surface area contributed by atoms with Crippen molar-refractivity contribution in [3.8, 4) is 5.75 Å². The van der Waals surface area contributed by atoms with Crippen LogP contribution in [0.4, 0.5) is 0 Å². The number of rotatable bonds is 5. The van der Waals surface area contributed by atoms with E-state index in [0.717, 1.165) is 12.3 Å². The number of nitrogens with zero attached hydrogens (tertiary/aromatic N) is 1. The summed E-state index contributed by atoms with van der Waals surface area (Å²) in [6, 6.07) is 7.86. The largest absolute Gasteiger partial charge is 0.491 e. The van der Waals surface area contributed by atoms with Gasteiger partial charge in [-0.05, 0) is 25.5 Å². The maximum atomic E-state index is 10.7. The van der Waals surface area contributed by atoms with Crippen LogP contribution < -0.4 is 4.74 Å². The fourth-order valence-electron chi connectivity index (χ4n) is 3.37. The van der Waals surface area contributed by atoms with Gasteiger partial charge in [-0.1, -0.05) is 17.7 Å². The lowest BCUT2D eigenvalue weighted by Gasteiger charge is -2.35. The van der Waals surface area contributed by atoms with Crippen molar-refractivity contribution in [3.63, 3.8) is 0 Å². The minimum Gasteiger partial charge on any atom is -0.491 e. The molecule has 0 spiro atoms. The van der Waals surface area contributed by atoms with E-state index in [1.54, 1.807) is 0 Å². The quantitative estimate of drug-likeness (QED) is 0.857. The van der Waals surface area contributed by atoms with Gasteiger partial charge in [0.2, 0.25) is 0 Å². The van der Waals surface area contributed by atoms with Crippen molar-refractivity contribution in [2.24, 2.45) is 0 Å². The first-order valence-electron chi connectivity index (χ1n) is 8.41. The van der Waals surface area contributed by atoms with Crippen molar-refractivity contribution in [2.45, 2.75) is 37.4 Å². The fraction of sp³-hybridized carbons (Fsp3) is 0.667. The van der Waals surface area contributed by atoms with Gasteiger partial charge < -0.3 is 19.7 Å². The molecule has 0 saturated carbocycles. The molecule has 2 N–H and O–H groups in total. The molecule has 128 valence electrons. The zero-order chi connectivity index (χ0) is 16.3. The van der Waals surface area contributed by atoms with E-state index in [2.05, 4.69) is 4.90 Å². The van der Waals surface area contributed by atoms with Crippen molar-refractivity contribution in [1.82, 2.24) is 4.90 Å².